The number of anilines is 2. The van der Waals surface area contributed by atoms with Gasteiger partial charge < -0.3 is 5.32 Å². The molecular formula is C16H14Cl2N2O3S. The molecule has 5 nitrogen and oxygen atoms in total. The van der Waals surface area contributed by atoms with Crippen molar-refractivity contribution in [3.8, 4) is 0 Å². The van der Waals surface area contributed by atoms with Crippen LogP contribution in [-0.2, 0) is 14.8 Å². The lowest BCUT2D eigenvalue weighted by Crippen LogP contribution is -2.14. The molecule has 0 bridgehead atoms. The van der Waals surface area contributed by atoms with Gasteiger partial charge in [0.1, 0.15) is 0 Å². The van der Waals surface area contributed by atoms with E-state index in [-0.39, 0.29) is 5.69 Å². The predicted molar refractivity (Wildman–Crippen MR) is 99.0 cm³/mol. The van der Waals surface area contributed by atoms with E-state index >= 15 is 0 Å². The molecule has 2 aromatic carbocycles. The summed E-state index contributed by atoms with van der Waals surface area (Å²) >= 11 is 11.9. The lowest BCUT2D eigenvalue weighted by Gasteiger charge is -2.10. The summed E-state index contributed by atoms with van der Waals surface area (Å²) in [5.74, 6) is -0.436. The molecule has 0 aromatic heterocycles. The van der Waals surface area contributed by atoms with Crippen LogP contribution in [0.1, 0.15) is 5.56 Å². The Labute approximate surface area is 150 Å². The highest BCUT2D eigenvalue weighted by atomic mass is 35.5. The van der Waals surface area contributed by atoms with Gasteiger partial charge in [0.2, 0.25) is 15.9 Å². The van der Waals surface area contributed by atoms with E-state index in [9.17, 15) is 13.2 Å². The molecule has 2 N–H and O–H groups in total. The van der Waals surface area contributed by atoms with Gasteiger partial charge in [-0.25, -0.2) is 8.42 Å². The fraction of sp³-hybridized carbons (Fsp3) is 0.0625. The van der Waals surface area contributed by atoms with Crippen LogP contribution in [-0.4, -0.2) is 20.6 Å². The Balaban J connectivity index is 2.16. The first-order valence-corrected chi connectivity index (χ1v) is 9.40. The monoisotopic (exact) mass is 384 g/mol. The third-order valence-electron chi connectivity index (χ3n) is 2.85. The first-order chi connectivity index (χ1) is 11.2. The quantitative estimate of drug-likeness (QED) is 0.764. The largest absolute Gasteiger partial charge is 0.321 e. The third-order valence-corrected chi connectivity index (χ3v) is 4.02. The number of hydrogen-bond acceptors (Lipinski definition) is 3. The van der Waals surface area contributed by atoms with E-state index in [1.807, 2.05) is 0 Å². The number of carbonyl (C=O) groups excluding carboxylic acids is 1. The van der Waals surface area contributed by atoms with Gasteiger partial charge in [-0.2, -0.15) is 0 Å². The number of para-hydroxylation sites is 2. The zero-order valence-corrected chi connectivity index (χ0v) is 14.9. The Hall–Kier alpha value is -2.02. The molecule has 126 valence electrons. The van der Waals surface area contributed by atoms with Gasteiger partial charge in [-0.1, -0.05) is 35.3 Å². The van der Waals surface area contributed by atoms with Crippen molar-refractivity contribution in [2.75, 3.05) is 16.3 Å². The molecule has 0 fully saturated rings. The highest BCUT2D eigenvalue weighted by Gasteiger charge is 2.08. The minimum Gasteiger partial charge on any atom is -0.321 e. The molecule has 0 spiro atoms. The zero-order valence-electron chi connectivity index (χ0n) is 12.6. The molecule has 2 aromatic rings. The van der Waals surface area contributed by atoms with Crippen LogP contribution in [0.5, 0.6) is 0 Å². The standard InChI is InChI=1S/C16H14Cl2N2O3S/c1-24(22,23)20-15-5-3-2-4-14(15)19-16(21)9-6-11-10-12(17)7-8-13(11)18/h2-10,20H,1H3,(H,19,21)/b9-6+. The van der Waals surface area contributed by atoms with Crippen LogP contribution >= 0.6 is 23.2 Å². The molecular weight excluding hydrogens is 371 g/mol. The van der Waals surface area contributed by atoms with Crippen molar-refractivity contribution < 1.29 is 13.2 Å². The molecule has 0 saturated carbocycles. The van der Waals surface area contributed by atoms with Crippen molar-refractivity contribution in [2.45, 2.75) is 0 Å². The minimum absolute atomic E-state index is 0.280. The average Bonchev–Trinajstić information content (AvgIpc) is 2.49. The van der Waals surface area contributed by atoms with Crippen LogP contribution in [0, 0.1) is 0 Å². The number of carbonyl (C=O) groups is 1. The molecule has 0 unspecified atom stereocenters. The summed E-state index contributed by atoms with van der Waals surface area (Å²) in [4.78, 5) is 12.0. The van der Waals surface area contributed by atoms with Gasteiger partial charge in [-0.3, -0.25) is 9.52 Å². The first kappa shape index (κ1) is 18.3. The number of rotatable bonds is 5. The fourth-order valence-corrected chi connectivity index (χ4v) is 2.80. The Morgan fingerprint density at radius 1 is 1.08 bits per heavy atom. The van der Waals surface area contributed by atoms with Gasteiger partial charge in [0.25, 0.3) is 0 Å². The van der Waals surface area contributed by atoms with Gasteiger partial charge in [0, 0.05) is 16.1 Å². The molecule has 1 amide bonds. The number of nitrogens with one attached hydrogen (secondary N) is 2. The number of hydrogen-bond donors (Lipinski definition) is 2. The summed E-state index contributed by atoms with van der Waals surface area (Å²) in [7, 11) is -3.45. The second kappa shape index (κ2) is 7.70. The van der Waals surface area contributed by atoms with E-state index in [4.69, 9.17) is 23.2 Å². The van der Waals surface area contributed by atoms with Crippen LogP contribution in [0.3, 0.4) is 0 Å². The first-order valence-electron chi connectivity index (χ1n) is 6.75. The van der Waals surface area contributed by atoms with E-state index in [2.05, 4.69) is 10.0 Å². The Morgan fingerprint density at radius 2 is 1.75 bits per heavy atom. The van der Waals surface area contributed by atoms with E-state index in [0.717, 1.165) is 6.26 Å². The van der Waals surface area contributed by atoms with Crippen LogP contribution < -0.4 is 10.0 Å². The Morgan fingerprint density at radius 3 is 2.42 bits per heavy atom. The van der Waals surface area contributed by atoms with E-state index in [1.54, 1.807) is 42.5 Å². The molecule has 0 radical (unpaired) electrons. The van der Waals surface area contributed by atoms with Gasteiger partial charge in [0.15, 0.2) is 0 Å². The van der Waals surface area contributed by atoms with Crippen LogP contribution in [0.25, 0.3) is 6.08 Å². The van der Waals surface area contributed by atoms with Gasteiger partial charge in [-0.15, -0.1) is 0 Å². The summed E-state index contributed by atoms with van der Waals surface area (Å²) in [6, 6.07) is 11.4. The maximum Gasteiger partial charge on any atom is 0.248 e. The number of halogens is 2. The smallest absolute Gasteiger partial charge is 0.248 e. The van der Waals surface area contributed by atoms with Gasteiger partial charge >= 0.3 is 0 Å². The van der Waals surface area contributed by atoms with Crippen molar-refractivity contribution in [1.82, 2.24) is 0 Å². The number of amides is 1. The highest BCUT2D eigenvalue weighted by molar-refractivity contribution is 7.92. The van der Waals surface area contributed by atoms with E-state index in [1.165, 1.54) is 12.2 Å². The third kappa shape index (κ3) is 5.56. The number of benzene rings is 2. The molecule has 0 aliphatic rings. The molecule has 0 heterocycles. The Kier molecular flexibility index (Phi) is 5.88. The predicted octanol–water partition coefficient (Wildman–Crippen LogP) is 4.02. The van der Waals surface area contributed by atoms with E-state index < -0.39 is 15.9 Å². The van der Waals surface area contributed by atoms with Gasteiger partial charge in [0.05, 0.1) is 17.6 Å². The molecule has 2 rings (SSSR count). The summed E-state index contributed by atoms with van der Waals surface area (Å²) in [5, 5.41) is 3.57. The summed E-state index contributed by atoms with van der Waals surface area (Å²) in [6.45, 7) is 0. The Bertz CT molecular complexity index is 896. The second-order valence-electron chi connectivity index (χ2n) is 4.91. The van der Waals surface area contributed by atoms with Crippen molar-refractivity contribution >= 4 is 56.6 Å². The number of sulfonamides is 1. The van der Waals surface area contributed by atoms with Crippen LogP contribution in [0.15, 0.2) is 48.5 Å². The van der Waals surface area contributed by atoms with Crippen molar-refractivity contribution in [2.24, 2.45) is 0 Å². The summed E-state index contributed by atoms with van der Waals surface area (Å²) < 4.78 is 25.0. The normalized spacial score (nSPS) is 11.5. The van der Waals surface area contributed by atoms with Crippen molar-refractivity contribution in [3.05, 3.63) is 64.1 Å². The molecule has 0 aliphatic carbocycles. The topological polar surface area (TPSA) is 75.3 Å². The summed E-state index contributed by atoms with van der Waals surface area (Å²) in [6.07, 6.45) is 3.84. The van der Waals surface area contributed by atoms with Crippen LogP contribution in [0.4, 0.5) is 11.4 Å². The highest BCUT2D eigenvalue weighted by Crippen LogP contribution is 2.23. The molecule has 0 aliphatic heterocycles. The van der Waals surface area contributed by atoms with Crippen molar-refractivity contribution in [1.29, 1.82) is 0 Å². The van der Waals surface area contributed by atoms with Crippen molar-refractivity contribution in [3.63, 3.8) is 0 Å². The molecule has 24 heavy (non-hydrogen) atoms. The van der Waals surface area contributed by atoms with Crippen LogP contribution in [0.2, 0.25) is 10.0 Å². The summed E-state index contributed by atoms with van der Waals surface area (Å²) in [5.41, 5.74) is 1.22. The maximum absolute atomic E-state index is 12.0. The maximum atomic E-state index is 12.0. The minimum atomic E-state index is -3.45. The molecule has 0 saturated heterocycles. The second-order valence-corrected chi connectivity index (χ2v) is 7.50. The SMILES string of the molecule is CS(=O)(=O)Nc1ccccc1NC(=O)/C=C/c1cc(Cl)ccc1Cl. The lowest BCUT2D eigenvalue weighted by molar-refractivity contribution is -0.111. The fourth-order valence-electron chi connectivity index (χ4n) is 1.86. The molecule has 0 atom stereocenters. The van der Waals surface area contributed by atoms with E-state index in [0.29, 0.717) is 21.3 Å². The molecule has 8 heteroatoms. The average molecular weight is 385 g/mol. The zero-order chi connectivity index (χ0) is 17.7. The lowest BCUT2D eigenvalue weighted by atomic mass is 10.2. The van der Waals surface area contributed by atoms with Gasteiger partial charge in [-0.05, 0) is 42.0 Å².